The van der Waals surface area contributed by atoms with E-state index < -0.39 is 11.9 Å². The fraction of sp³-hybridized carbons (Fsp3) is 0.348. The summed E-state index contributed by atoms with van der Waals surface area (Å²) in [7, 11) is 1.31. The van der Waals surface area contributed by atoms with Crippen molar-refractivity contribution in [3.63, 3.8) is 0 Å². The molecule has 1 N–H and O–H groups in total. The second kappa shape index (κ2) is 8.22. The number of fused-ring (bicyclic) bond motifs is 1. The topological polar surface area (TPSA) is 79.2 Å². The van der Waals surface area contributed by atoms with Crippen LogP contribution in [0.25, 0.3) is 0 Å². The Morgan fingerprint density at radius 3 is 2.72 bits per heavy atom. The fourth-order valence-corrected chi connectivity index (χ4v) is 5.57. The van der Waals surface area contributed by atoms with Crippen molar-refractivity contribution in [2.24, 2.45) is 5.92 Å². The van der Waals surface area contributed by atoms with Gasteiger partial charge in [-0.2, -0.15) is 5.26 Å². The van der Waals surface area contributed by atoms with Crippen molar-refractivity contribution >= 4 is 28.1 Å². The molecule has 148 valence electrons. The molecule has 1 aromatic heterocycles. The third-order valence-corrected chi connectivity index (χ3v) is 6.91. The number of hydrogen-bond donors (Lipinski definition) is 1. The zero-order chi connectivity index (χ0) is 20.4. The summed E-state index contributed by atoms with van der Waals surface area (Å²) in [6.45, 7) is 0. The number of methoxy groups -OCH3 is 1. The van der Waals surface area contributed by atoms with E-state index in [1.807, 2.05) is 30.3 Å². The van der Waals surface area contributed by atoms with E-state index in [1.54, 1.807) is 11.3 Å². The molecular weight excluding hydrogens is 384 g/mol. The first-order valence-corrected chi connectivity index (χ1v) is 10.6. The van der Waals surface area contributed by atoms with E-state index in [-0.39, 0.29) is 11.7 Å². The van der Waals surface area contributed by atoms with Gasteiger partial charge in [0.2, 0.25) is 0 Å². The second-order valence-electron chi connectivity index (χ2n) is 7.45. The van der Waals surface area contributed by atoms with Gasteiger partial charge >= 0.3 is 5.97 Å². The van der Waals surface area contributed by atoms with Crippen LogP contribution >= 0.6 is 11.3 Å². The smallest absolute Gasteiger partial charge is 0.317 e. The highest BCUT2D eigenvalue weighted by atomic mass is 32.1. The molecule has 1 aromatic carbocycles. The van der Waals surface area contributed by atoms with Crippen molar-refractivity contribution in [2.45, 2.75) is 38.0 Å². The number of esters is 1. The standard InChI is InChI=1S/C23H22N2O3S/c1-28-23(27)21-17(14-7-3-2-4-8-14)11-15(12-19(21)26)25-22-18(13-24)16-9-5-6-10-20(16)29-22/h2-4,7-8,12,17,21,25H,5-6,9-11H2,1H3/t17-,21-/m0/s1. The summed E-state index contributed by atoms with van der Waals surface area (Å²) < 4.78 is 4.91. The first-order valence-electron chi connectivity index (χ1n) is 9.81. The van der Waals surface area contributed by atoms with Crippen LogP contribution in [0, 0.1) is 17.2 Å². The summed E-state index contributed by atoms with van der Waals surface area (Å²) in [4.78, 5) is 26.4. The highest BCUT2D eigenvalue weighted by Crippen LogP contribution is 2.41. The van der Waals surface area contributed by atoms with Crippen LogP contribution in [0.3, 0.4) is 0 Å². The maximum absolute atomic E-state index is 12.8. The van der Waals surface area contributed by atoms with Gasteiger partial charge in [0.1, 0.15) is 17.0 Å². The monoisotopic (exact) mass is 406 g/mol. The average Bonchev–Trinajstić information content (AvgIpc) is 3.10. The Morgan fingerprint density at radius 1 is 1.24 bits per heavy atom. The van der Waals surface area contributed by atoms with Crippen molar-refractivity contribution in [3.8, 4) is 6.07 Å². The molecule has 0 aliphatic heterocycles. The fourth-order valence-electron chi connectivity index (χ4n) is 4.30. The van der Waals surface area contributed by atoms with E-state index >= 15 is 0 Å². The van der Waals surface area contributed by atoms with E-state index in [9.17, 15) is 14.9 Å². The van der Waals surface area contributed by atoms with Crippen LogP contribution < -0.4 is 5.32 Å². The number of thiophene rings is 1. The number of rotatable bonds is 4. The molecule has 6 heteroatoms. The minimum absolute atomic E-state index is 0.265. The zero-order valence-electron chi connectivity index (χ0n) is 16.2. The number of benzene rings is 1. The lowest BCUT2D eigenvalue weighted by atomic mass is 9.76. The number of ketones is 1. The number of nitrogens with one attached hydrogen (secondary N) is 1. The van der Waals surface area contributed by atoms with E-state index in [0.717, 1.165) is 47.5 Å². The summed E-state index contributed by atoms with van der Waals surface area (Å²) in [6.07, 6.45) is 6.20. The van der Waals surface area contributed by atoms with Gasteiger partial charge in [0.05, 0.1) is 12.7 Å². The molecular formula is C23H22N2O3S. The van der Waals surface area contributed by atoms with Gasteiger partial charge in [-0.25, -0.2) is 0 Å². The van der Waals surface area contributed by atoms with Gasteiger partial charge < -0.3 is 10.1 Å². The number of anilines is 1. The first-order chi connectivity index (χ1) is 14.1. The van der Waals surface area contributed by atoms with Gasteiger partial charge in [0.15, 0.2) is 5.78 Å². The van der Waals surface area contributed by atoms with Crippen molar-refractivity contribution < 1.29 is 14.3 Å². The van der Waals surface area contributed by atoms with Crippen molar-refractivity contribution in [1.82, 2.24) is 0 Å². The van der Waals surface area contributed by atoms with E-state index in [4.69, 9.17) is 4.74 Å². The molecule has 0 saturated carbocycles. The number of nitrogens with zero attached hydrogens (tertiary/aromatic N) is 1. The third-order valence-electron chi connectivity index (χ3n) is 5.71. The van der Waals surface area contributed by atoms with Crippen molar-refractivity contribution in [1.29, 1.82) is 5.26 Å². The molecule has 4 rings (SSSR count). The van der Waals surface area contributed by atoms with Gasteiger partial charge in [-0.05, 0) is 43.2 Å². The van der Waals surface area contributed by atoms with Gasteiger partial charge in [-0.15, -0.1) is 11.3 Å². The summed E-state index contributed by atoms with van der Waals surface area (Å²) in [5.41, 5.74) is 3.51. The molecule has 2 aliphatic rings. The van der Waals surface area contributed by atoms with E-state index in [2.05, 4.69) is 11.4 Å². The average molecular weight is 407 g/mol. The SMILES string of the molecule is COC(=O)[C@@H]1C(=O)C=C(Nc2sc3c(c2C#N)CCCC3)C[C@H]1c1ccccc1. The van der Waals surface area contributed by atoms with Crippen LogP contribution in [0.15, 0.2) is 42.1 Å². The number of allylic oxidation sites excluding steroid dienone is 2. The quantitative estimate of drug-likeness (QED) is 0.604. The molecule has 29 heavy (non-hydrogen) atoms. The number of ether oxygens (including phenoxy) is 1. The zero-order valence-corrected chi connectivity index (χ0v) is 17.1. The molecule has 5 nitrogen and oxygen atoms in total. The number of nitriles is 1. The first kappa shape index (κ1) is 19.4. The predicted octanol–water partition coefficient (Wildman–Crippen LogP) is 4.34. The Bertz CT molecular complexity index is 1020. The molecule has 0 bridgehead atoms. The van der Waals surface area contributed by atoms with Crippen LogP contribution in [0.1, 0.15) is 46.7 Å². The molecule has 0 amide bonds. The largest absolute Gasteiger partial charge is 0.468 e. The maximum atomic E-state index is 12.8. The lowest BCUT2D eigenvalue weighted by Crippen LogP contribution is -2.34. The summed E-state index contributed by atoms with van der Waals surface area (Å²) in [5, 5.41) is 13.8. The Morgan fingerprint density at radius 2 is 2.00 bits per heavy atom. The molecule has 1 heterocycles. The Labute approximate surface area is 174 Å². The van der Waals surface area contributed by atoms with Crippen molar-refractivity contribution in [2.75, 3.05) is 12.4 Å². The number of hydrogen-bond acceptors (Lipinski definition) is 6. The molecule has 0 fully saturated rings. The number of carbonyl (C=O) groups is 2. The maximum Gasteiger partial charge on any atom is 0.317 e. The molecule has 0 saturated heterocycles. The van der Waals surface area contributed by atoms with Gasteiger partial charge in [0, 0.05) is 22.6 Å². The van der Waals surface area contributed by atoms with Gasteiger partial charge in [-0.1, -0.05) is 30.3 Å². The van der Waals surface area contributed by atoms with Crippen LogP contribution in [0.4, 0.5) is 5.00 Å². The summed E-state index contributed by atoms with van der Waals surface area (Å²) in [5.74, 6) is -1.92. The molecule has 0 radical (unpaired) electrons. The second-order valence-corrected chi connectivity index (χ2v) is 8.55. The minimum atomic E-state index is -0.847. The molecule has 2 atom stereocenters. The number of carbonyl (C=O) groups excluding carboxylic acids is 2. The molecule has 2 aromatic rings. The molecule has 0 spiro atoms. The Balaban J connectivity index is 1.67. The van der Waals surface area contributed by atoms with Crippen LogP contribution in [-0.2, 0) is 27.2 Å². The summed E-state index contributed by atoms with van der Waals surface area (Å²) in [6, 6.07) is 11.9. The van der Waals surface area contributed by atoms with Crippen LogP contribution in [-0.4, -0.2) is 18.9 Å². The molecule has 2 aliphatic carbocycles. The van der Waals surface area contributed by atoms with Crippen LogP contribution in [0.5, 0.6) is 0 Å². The lowest BCUT2D eigenvalue weighted by Gasteiger charge is -2.29. The summed E-state index contributed by atoms with van der Waals surface area (Å²) >= 11 is 1.61. The lowest BCUT2D eigenvalue weighted by molar-refractivity contribution is -0.149. The van der Waals surface area contributed by atoms with E-state index in [1.165, 1.54) is 18.1 Å². The van der Waals surface area contributed by atoms with Crippen LogP contribution in [0.2, 0.25) is 0 Å². The van der Waals surface area contributed by atoms with E-state index in [0.29, 0.717) is 12.0 Å². The highest BCUT2D eigenvalue weighted by Gasteiger charge is 2.39. The minimum Gasteiger partial charge on any atom is -0.468 e. The predicted molar refractivity (Wildman–Crippen MR) is 112 cm³/mol. The Hall–Kier alpha value is -2.91. The normalized spacial score (nSPS) is 21.0. The molecule has 0 unspecified atom stereocenters. The highest BCUT2D eigenvalue weighted by molar-refractivity contribution is 7.16. The third kappa shape index (κ3) is 3.70. The van der Waals surface area contributed by atoms with Gasteiger partial charge in [-0.3, -0.25) is 9.59 Å². The Kier molecular flexibility index (Phi) is 5.50. The number of aryl methyl sites for hydroxylation is 1. The van der Waals surface area contributed by atoms with Crippen molar-refractivity contribution in [3.05, 3.63) is 63.7 Å². The van der Waals surface area contributed by atoms with Gasteiger partial charge in [0.25, 0.3) is 0 Å².